The summed E-state index contributed by atoms with van der Waals surface area (Å²) in [6.45, 7) is 2.09. The van der Waals surface area contributed by atoms with Crippen LogP contribution in [0.3, 0.4) is 0 Å². The Morgan fingerprint density at radius 3 is 3.11 bits per heavy atom. The third kappa shape index (κ3) is 2.25. The molecule has 5 nitrogen and oxygen atoms in total. The number of fused-ring (bicyclic) bond motifs is 1. The summed E-state index contributed by atoms with van der Waals surface area (Å²) in [7, 11) is 0. The molecule has 2 aromatic heterocycles. The smallest absolute Gasteiger partial charge is 0.240 e. The Labute approximate surface area is 114 Å². The lowest BCUT2D eigenvalue weighted by Gasteiger charge is -2.22. The van der Waals surface area contributed by atoms with Crippen LogP contribution in [0.4, 0.5) is 11.8 Å². The van der Waals surface area contributed by atoms with Crippen molar-refractivity contribution in [2.24, 2.45) is 5.84 Å². The maximum atomic E-state index is 5.45. The number of nitrogens with one attached hydrogen (secondary N) is 1. The Balaban J connectivity index is 2.04. The Hall–Kier alpha value is -1.05. The Morgan fingerprint density at radius 2 is 2.22 bits per heavy atom. The van der Waals surface area contributed by atoms with Crippen molar-refractivity contribution < 1.29 is 0 Å². The Kier molecular flexibility index (Phi) is 3.53. The van der Waals surface area contributed by atoms with Crippen LogP contribution in [0.5, 0.6) is 0 Å². The van der Waals surface area contributed by atoms with Gasteiger partial charge < -0.3 is 4.90 Å². The number of nitrogens with two attached hydrogens (primary N) is 1. The molecule has 3 N–H and O–H groups in total. The minimum absolute atomic E-state index is 0.497. The number of thioether (sulfide) groups is 1. The fourth-order valence-electron chi connectivity index (χ4n) is 2.10. The van der Waals surface area contributed by atoms with Gasteiger partial charge in [0.15, 0.2) is 0 Å². The average molecular weight is 281 g/mol. The maximum Gasteiger partial charge on any atom is 0.240 e. The lowest BCUT2D eigenvalue weighted by Crippen LogP contribution is -2.27. The molecule has 2 aromatic rings. The van der Waals surface area contributed by atoms with Crippen LogP contribution in [0, 0.1) is 0 Å². The predicted octanol–water partition coefficient (Wildman–Crippen LogP) is 1.92. The molecule has 1 saturated heterocycles. The van der Waals surface area contributed by atoms with E-state index in [1.807, 2.05) is 11.8 Å². The first-order valence-electron chi connectivity index (χ1n) is 5.93. The highest BCUT2D eigenvalue weighted by molar-refractivity contribution is 7.99. The molecule has 0 aromatic carbocycles. The quantitative estimate of drug-likeness (QED) is 0.647. The third-order valence-electron chi connectivity index (χ3n) is 2.96. The second-order valence-electron chi connectivity index (χ2n) is 4.11. The molecule has 0 saturated carbocycles. The van der Waals surface area contributed by atoms with Crippen LogP contribution in [0.25, 0.3) is 10.2 Å². The second-order valence-corrected chi connectivity index (χ2v) is 6.23. The van der Waals surface area contributed by atoms with Gasteiger partial charge in [0.2, 0.25) is 5.95 Å². The number of nitrogens with zero attached hydrogens (tertiary/aromatic N) is 3. The number of thiophene rings is 1. The van der Waals surface area contributed by atoms with Gasteiger partial charge in [-0.3, -0.25) is 5.43 Å². The highest BCUT2D eigenvalue weighted by atomic mass is 32.2. The summed E-state index contributed by atoms with van der Waals surface area (Å²) in [5, 5.41) is 3.18. The number of anilines is 2. The van der Waals surface area contributed by atoms with Crippen molar-refractivity contribution in [2.75, 3.05) is 34.9 Å². The van der Waals surface area contributed by atoms with E-state index in [9.17, 15) is 0 Å². The predicted molar refractivity (Wildman–Crippen MR) is 79.4 cm³/mol. The molecule has 1 aliphatic rings. The molecule has 18 heavy (non-hydrogen) atoms. The van der Waals surface area contributed by atoms with Gasteiger partial charge in [0, 0.05) is 18.8 Å². The Morgan fingerprint density at radius 1 is 1.28 bits per heavy atom. The molecular formula is C11H15N5S2. The summed E-state index contributed by atoms with van der Waals surface area (Å²) >= 11 is 3.63. The molecule has 7 heteroatoms. The minimum Gasteiger partial charge on any atom is -0.355 e. The van der Waals surface area contributed by atoms with Gasteiger partial charge in [-0.25, -0.2) is 10.8 Å². The van der Waals surface area contributed by atoms with Gasteiger partial charge in [-0.1, -0.05) is 0 Å². The number of hydrazine groups is 1. The van der Waals surface area contributed by atoms with Crippen molar-refractivity contribution in [2.45, 2.75) is 6.42 Å². The van der Waals surface area contributed by atoms with E-state index >= 15 is 0 Å². The van der Waals surface area contributed by atoms with Crippen LogP contribution in [0.15, 0.2) is 11.4 Å². The SMILES string of the molecule is NNc1nc(N2CCCSCC2)c2ccsc2n1. The molecule has 0 amide bonds. The summed E-state index contributed by atoms with van der Waals surface area (Å²) in [5.41, 5.74) is 2.56. The maximum absolute atomic E-state index is 5.45. The van der Waals surface area contributed by atoms with E-state index in [0.29, 0.717) is 5.95 Å². The highest BCUT2D eigenvalue weighted by Gasteiger charge is 2.16. The molecule has 3 rings (SSSR count). The second kappa shape index (κ2) is 5.29. The zero-order valence-corrected chi connectivity index (χ0v) is 11.6. The van der Waals surface area contributed by atoms with E-state index in [1.54, 1.807) is 11.3 Å². The number of rotatable bonds is 2. The summed E-state index contributed by atoms with van der Waals surface area (Å²) in [5.74, 6) is 9.34. The monoisotopic (exact) mass is 281 g/mol. The largest absolute Gasteiger partial charge is 0.355 e. The van der Waals surface area contributed by atoms with Gasteiger partial charge in [0.1, 0.15) is 10.6 Å². The summed E-state index contributed by atoms with van der Waals surface area (Å²) in [6.07, 6.45) is 1.20. The molecule has 0 bridgehead atoms. The lowest BCUT2D eigenvalue weighted by atomic mass is 10.3. The zero-order chi connectivity index (χ0) is 12.4. The van der Waals surface area contributed by atoms with Gasteiger partial charge in [-0.2, -0.15) is 16.7 Å². The van der Waals surface area contributed by atoms with E-state index in [-0.39, 0.29) is 0 Å². The van der Waals surface area contributed by atoms with E-state index in [4.69, 9.17) is 5.84 Å². The van der Waals surface area contributed by atoms with E-state index in [0.717, 1.165) is 34.9 Å². The molecule has 3 heterocycles. The minimum atomic E-state index is 0.497. The van der Waals surface area contributed by atoms with Gasteiger partial charge in [0.25, 0.3) is 0 Å². The number of aromatic nitrogens is 2. The number of nitrogen functional groups attached to an aromatic ring is 1. The molecule has 0 spiro atoms. The molecular weight excluding hydrogens is 266 g/mol. The lowest BCUT2D eigenvalue weighted by molar-refractivity contribution is 0.804. The van der Waals surface area contributed by atoms with Gasteiger partial charge >= 0.3 is 0 Å². The van der Waals surface area contributed by atoms with Crippen molar-refractivity contribution >= 4 is 45.1 Å². The first kappa shape index (κ1) is 12.0. The molecule has 0 radical (unpaired) electrons. The van der Waals surface area contributed by atoms with Crippen LogP contribution in [0.1, 0.15) is 6.42 Å². The fourth-order valence-corrected chi connectivity index (χ4v) is 3.75. The van der Waals surface area contributed by atoms with Crippen LogP contribution in [-0.4, -0.2) is 34.6 Å². The first-order chi connectivity index (χ1) is 8.88. The van der Waals surface area contributed by atoms with Crippen molar-refractivity contribution in [1.82, 2.24) is 9.97 Å². The van der Waals surface area contributed by atoms with Gasteiger partial charge in [-0.05, 0) is 23.6 Å². The van der Waals surface area contributed by atoms with Crippen molar-refractivity contribution in [1.29, 1.82) is 0 Å². The third-order valence-corrected chi connectivity index (χ3v) is 4.81. The van der Waals surface area contributed by atoms with Crippen LogP contribution in [-0.2, 0) is 0 Å². The topological polar surface area (TPSA) is 67.1 Å². The van der Waals surface area contributed by atoms with Crippen LogP contribution in [0.2, 0.25) is 0 Å². The highest BCUT2D eigenvalue weighted by Crippen LogP contribution is 2.30. The fraction of sp³-hybridized carbons (Fsp3) is 0.455. The summed E-state index contributed by atoms with van der Waals surface area (Å²) in [6, 6.07) is 2.09. The molecule has 1 aliphatic heterocycles. The number of hydrogen-bond acceptors (Lipinski definition) is 7. The zero-order valence-electron chi connectivity index (χ0n) is 9.93. The molecule has 0 unspecified atom stereocenters. The standard InChI is InChI=1S/C11H15N5S2/c12-15-11-13-9(8-2-6-18-10(8)14-11)16-3-1-5-17-7-4-16/h2,6H,1,3-5,7,12H2,(H,13,14,15). The summed E-state index contributed by atoms with van der Waals surface area (Å²) in [4.78, 5) is 12.2. The van der Waals surface area contributed by atoms with Crippen molar-refractivity contribution in [3.05, 3.63) is 11.4 Å². The van der Waals surface area contributed by atoms with E-state index < -0.39 is 0 Å². The molecule has 1 fully saturated rings. The molecule has 0 aliphatic carbocycles. The van der Waals surface area contributed by atoms with Crippen LogP contribution < -0.4 is 16.2 Å². The van der Waals surface area contributed by atoms with E-state index in [2.05, 4.69) is 31.7 Å². The molecule has 96 valence electrons. The van der Waals surface area contributed by atoms with Crippen LogP contribution >= 0.6 is 23.1 Å². The first-order valence-corrected chi connectivity index (χ1v) is 7.96. The number of hydrogen-bond donors (Lipinski definition) is 2. The van der Waals surface area contributed by atoms with Gasteiger partial charge in [-0.15, -0.1) is 11.3 Å². The average Bonchev–Trinajstić information content (AvgIpc) is 2.70. The normalized spacial score (nSPS) is 16.8. The van der Waals surface area contributed by atoms with Crippen molar-refractivity contribution in [3.63, 3.8) is 0 Å². The van der Waals surface area contributed by atoms with Gasteiger partial charge in [0.05, 0.1) is 5.39 Å². The van der Waals surface area contributed by atoms with E-state index in [1.165, 1.54) is 12.2 Å². The summed E-state index contributed by atoms with van der Waals surface area (Å²) < 4.78 is 0. The Bertz CT molecular complexity index is 533. The molecule has 0 atom stereocenters. The van der Waals surface area contributed by atoms with Crippen molar-refractivity contribution in [3.8, 4) is 0 Å².